The quantitative estimate of drug-likeness (QED) is 0.537. The van der Waals surface area contributed by atoms with Gasteiger partial charge in [-0.2, -0.15) is 0 Å². The molecule has 2 rings (SSSR count). The minimum Gasteiger partial charge on any atom is -0.353 e. The van der Waals surface area contributed by atoms with Crippen molar-refractivity contribution in [3.63, 3.8) is 0 Å². The highest BCUT2D eigenvalue weighted by atomic mass is 32.2. The molecule has 1 atom stereocenters. The molecule has 0 aromatic heterocycles. The van der Waals surface area contributed by atoms with Crippen LogP contribution >= 0.6 is 0 Å². The van der Waals surface area contributed by atoms with Crippen molar-refractivity contribution in [3.05, 3.63) is 0 Å². The number of sulfone groups is 1. The van der Waals surface area contributed by atoms with Gasteiger partial charge in [-0.1, -0.05) is 0 Å². The number of hydrogen-bond acceptors (Lipinski definition) is 5. The maximum atomic E-state index is 12.0. The Bertz CT molecular complexity index is 410. The van der Waals surface area contributed by atoms with E-state index >= 15 is 0 Å². The molecule has 2 aliphatic rings. The highest BCUT2D eigenvalue weighted by molar-refractivity contribution is 7.91. The maximum absolute atomic E-state index is 12.0. The Morgan fingerprint density at radius 1 is 1.29 bits per heavy atom. The van der Waals surface area contributed by atoms with Crippen LogP contribution in [-0.2, 0) is 19.4 Å². The van der Waals surface area contributed by atoms with Crippen LogP contribution in [0.15, 0.2) is 0 Å². The molecule has 1 unspecified atom stereocenters. The van der Waals surface area contributed by atoms with E-state index in [0.29, 0.717) is 0 Å². The van der Waals surface area contributed by atoms with E-state index in [1.807, 2.05) is 0 Å². The second kappa shape index (κ2) is 4.61. The monoisotopic (exact) mass is 261 g/mol. The lowest BCUT2D eigenvalue weighted by atomic mass is 10.2. The molecule has 17 heavy (non-hydrogen) atoms. The molecule has 8 heteroatoms. The summed E-state index contributed by atoms with van der Waals surface area (Å²) >= 11 is 0. The van der Waals surface area contributed by atoms with E-state index in [4.69, 9.17) is 0 Å². The number of rotatable bonds is 1. The second-order valence-electron chi connectivity index (χ2n) is 4.21. The molecule has 0 spiro atoms. The summed E-state index contributed by atoms with van der Waals surface area (Å²) in [7, 11) is -2.97. The van der Waals surface area contributed by atoms with Crippen LogP contribution in [0.1, 0.15) is 0 Å². The molecule has 0 radical (unpaired) electrons. The minimum absolute atomic E-state index is 0.0256. The van der Waals surface area contributed by atoms with Gasteiger partial charge in [0.1, 0.15) is 6.04 Å². The number of piperazine rings is 1. The molecule has 96 valence electrons. The first-order valence-corrected chi connectivity index (χ1v) is 7.29. The van der Waals surface area contributed by atoms with Crippen LogP contribution in [0.5, 0.6) is 0 Å². The van der Waals surface area contributed by atoms with Crippen molar-refractivity contribution in [2.75, 3.05) is 37.7 Å². The molecule has 2 N–H and O–H groups in total. The summed E-state index contributed by atoms with van der Waals surface area (Å²) in [6.07, 6.45) is 0. The first-order chi connectivity index (χ1) is 7.98. The topological polar surface area (TPSA) is 95.6 Å². The minimum atomic E-state index is -2.97. The summed E-state index contributed by atoms with van der Waals surface area (Å²) in [4.78, 5) is 24.4. The Kier molecular flexibility index (Phi) is 3.34. The van der Waals surface area contributed by atoms with Crippen molar-refractivity contribution >= 4 is 21.7 Å². The van der Waals surface area contributed by atoms with Crippen LogP contribution in [0, 0.1) is 0 Å². The van der Waals surface area contributed by atoms with E-state index in [-0.39, 0.29) is 49.5 Å². The van der Waals surface area contributed by atoms with Gasteiger partial charge in [-0.05, 0) is 0 Å². The van der Waals surface area contributed by atoms with Gasteiger partial charge in [-0.3, -0.25) is 14.9 Å². The van der Waals surface area contributed by atoms with E-state index in [0.717, 1.165) is 0 Å². The van der Waals surface area contributed by atoms with Crippen molar-refractivity contribution in [1.29, 1.82) is 0 Å². The number of carbonyl (C=O) groups is 2. The average molecular weight is 261 g/mol. The van der Waals surface area contributed by atoms with Crippen molar-refractivity contribution in [2.45, 2.75) is 6.04 Å². The first kappa shape index (κ1) is 12.3. The smallest absolute Gasteiger partial charge is 0.241 e. The lowest BCUT2D eigenvalue weighted by Gasteiger charge is -2.32. The average Bonchev–Trinajstić information content (AvgIpc) is 2.29. The Balaban J connectivity index is 1.91. The number of amides is 2. The van der Waals surface area contributed by atoms with Crippen molar-refractivity contribution in [1.82, 2.24) is 15.5 Å². The van der Waals surface area contributed by atoms with Crippen molar-refractivity contribution in [2.24, 2.45) is 0 Å². The van der Waals surface area contributed by atoms with E-state index in [1.165, 1.54) is 4.90 Å². The van der Waals surface area contributed by atoms with Crippen LogP contribution in [0.25, 0.3) is 0 Å². The van der Waals surface area contributed by atoms with Crippen molar-refractivity contribution < 1.29 is 18.0 Å². The Morgan fingerprint density at radius 3 is 2.47 bits per heavy atom. The summed E-state index contributed by atoms with van der Waals surface area (Å²) in [6, 6.07) is -0.437. The van der Waals surface area contributed by atoms with Crippen LogP contribution in [0.3, 0.4) is 0 Å². The van der Waals surface area contributed by atoms with Gasteiger partial charge in [-0.25, -0.2) is 8.42 Å². The molecule has 0 bridgehead atoms. The number of carbonyl (C=O) groups excluding carboxylic acids is 2. The fraction of sp³-hybridized carbons (Fsp3) is 0.778. The predicted octanol–water partition coefficient (Wildman–Crippen LogP) is -2.67. The molecule has 2 aliphatic heterocycles. The molecule has 0 saturated carbocycles. The molecule has 2 saturated heterocycles. The third-order valence-corrected chi connectivity index (χ3v) is 4.58. The molecule has 2 amide bonds. The highest BCUT2D eigenvalue weighted by Gasteiger charge is 2.31. The molecule has 2 heterocycles. The normalized spacial score (nSPS) is 28.6. The van der Waals surface area contributed by atoms with Gasteiger partial charge in [0.2, 0.25) is 11.8 Å². The van der Waals surface area contributed by atoms with E-state index in [2.05, 4.69) is 10.6 Å². The van der Waals surface area contributed by atoms with Gasteiger partial charge < -0.3 is 10.2 Å². The Hall–Kier alpha value is -1.15. The van der Waals surface area contributed by atoms with Gasteiger partial charge in [0.15, 0.2) is 9.84 Å². The summed E-state index contributed by atoms with van der Waals surface area (Å²) in [5.41, 5.74) is 0. The summed E-state index contributed by atoms with van der Waals surface area (Å²) in [5, 5.41) is 5.44. The molecule has 0 aromatic carbocycles. The van der Waals surface area contributed by atoms with Gasteiger partial charge >= 0.3 is 0 Å². The van der Waals surface area contributed by atoms with Gasteiger partial charge in [0.05, 0.1) is 18.1 Å². The zero-order chi connectivity index (χ0) is 12.5. The van der Waals surface area contributed by atoms with Crippen LogP contribution in [0.2, 0.25) is 0 Å². The Morgan fingerprint density at radius 2 is 1.94 bits per heavy atom. The van der Waals surface area contributed by atoms with Gasteiger partial charge in [0, 0.05) is 19.6 Å². The molecule has 7 nitrogen and oxygen atoms in total. The third kappa shape index (κ3) is 2.95. The Labute approximate surface area is 99.5 Å². The largest absolute Gasteiger partial charge is 0.353 e. The van der Waals surface area contributed by atoms with E-state index in [1.54, 1.807) is 0 Å². The van der Waals surface area contributed by atoms with Crippen LogP contribution < -0.4 is 10.6 Å². The van der Waals surface area contributed by atoms with Gasteiger partial charge in [-0.15, -0.1) is 0 Å². The highest BCUT2D eigenvalue weighted by Crippen LogP contribution is 2.06. The van der Waals surface area contributed by atoms with Gasteiger partial charge in [0.25, 0.3) is 0 Å². The van der Waals surface area contributed by atoms with Crippen molar-refractivity contribution in [3.8, 4) is 0 Å². The summed E-state index contributed by atoms with van der Waals surface area (Å²) in [6.45, 7) is 0.879. The number of hydrogen-bond donors (Lipinski definition) is 2. The molecular formula is C9H15N3O4S. The first-order valence-electron chi connectivity index (χ1n) is 5.47. The summed E-state index contributed by atoms with van der Waals surface area (Å²) < 4.78 is 22.5. The lowest BCUT2D eigenvalue weighted by molar-refractivity contribution is -0.134. The fourth-order valence-corrected chi connectivity index (χ4v) is 3.10. The zero-order valence-corrected chi connectivity index (χ0v) is 10.1. The van der Waals surface area contributed by atoms with E-state index in [9.17, 15) is 18.0 Å². The fourth-order valence-electron chi connectivity index (χ4n) is 1.89. The number of nitrogens with zero attached hydrogens (tertiary/aromatic N) is 1. The molecule has 0 aromatic rings. The molecule has 0 aliphatic carbocycles. The van der Waals surface area contributed by atoms with Crippen LogP contribution in [0.4, 0.5) is 0 Å². The predicted molar refractivity (Wildman–Crippen MR) is 60.0 cm³/mol. The summed E-state index contributed by atoms with van der Waals surface area (Å²) in [5.74, 6) is -0.217. The van der Waals surface area contributed by atoms with Crippen LogP contribution in [-0.4, -0.2) is 68.9 Å². The molecular weight excluding hydrogens is 246 g/mol. The lowest BCUT2D eigenvalue weighted by Crippen LogP contribution is -2.60. The third-order valence-electron chi connectivity index (χ3n) is 2.97. The van der Waals surface area contributed by atoms with E-state index < -0.39 is 15.9 Å². The second-order valence-corrected chi connectivity index (χ2v) is 6.52. The standard InChI is InChI=1S/C9H15N3O4S/c13-8-6-10-7(5-11-8)9(14)12-1-3-17(15,16)4-2-12/h7,10H,1-6H2,(H,11,13). The molecule has 2 fully saturated rings. The SMILES string of the molecule is O=C1CNC(C(=O)N2CCS(=O)(=O)CC2)CN1. The number of nitrogens with one attached hydrogen (secondary N) is 2. The maximum Gasteiger partial charge on any atom is 0.241 e. The zero-order valence-electron chi connectivity index (χ0n) is 9.31.